The van der Waals surface area contributed by atoms with Gasteiger partial charge < -0.3 is 5.11 Å². The van der Waals surface area contributed by atoms with Gasteiger partial charge in [0.1, 0.15) is 0 Å². The molecule has 0 aliphatic rings. The third kappa shape index (κ3) is 6.68. The van der Waals surface area contributed by atoms with Crippen molar-refractivity contribution in [1.29, 1.82) is 0 Å². The van der Waals surface area contributed by atoms with E-state index in [2.05, 4.69) is 31.1 Å². The smallest absolute Gasteiger partial charge is 0.317 e. The standard InChI is InChI=1S/C14H24N2O2S/c1-4-7-16(9-14(17)18)8-12-10-19-13(15-12)6-5-11(2)3/h10-11H,4-9H2,1-3H3,(H,17,18). The predicted molar refractivity (Wildman–Crippen MR) is 78.5 cm³/mol. The lowest BCUT2D eigenvalue weighted by molar-refractivity contribution is -0.138. The Morgan fingerprint density at radius 3 is 2.84 bits per heavy atom. The number of hydrogen-bond acceptors (Lipinski definition) is 4. The fourth-order valence-electron chi connectivity index (χ4n) is 1.90. The molecule has 0 aliphatic heterocycles. The normalized spacial score (nSPS) is 11.4. The van der Waals surface area contributed by atoms with Crippen LogP contribution in [0.25, 0.3) is 0 Å². The van der Waals surface area contributed by atoms with Crippen molar-refractivity contribution >= 4 is 17.3 Å². The van der Waals surface area contributed by atoms with E-state index >= 15 is 0 Å². The lowest BCUT2D eigenvalue weighted by Gasteiger charge is -2.17. The van der Waals surface area contributed by atoms with Crippen molar-refractivity contribution in [3.05, 3.63) is 16.1 Å². The highest BCUT2D eigenvalue weighted by Gasteiger charge is 2.11. The van der Waals surface area contributed by atoms with Crippen molar-refractivity contribution in [1.82, 2.24) is 9.88 Å². The molecule has 5 heteroatoms. The van der Waals surface area contributed by atoms with Crippen LogP contribution in [0.15, 0.2) is 5.38 Å². The minimum absolute atomic E-state index is 0.0900. The summed E-state index contributed by atoms with van der Waals surface area (Å²) < 4.78 is 0. The van der Waals surface area contributed by atoms with Crippen LogP contribution in [-0.2, 0) is 17.8 Å². The molecule has 0 radical (unpaired) electrons. The van der Waals surface area contributed by atoms with Crippen molar-refractivity contribution < 1.29 is 9.90 Å². The van der Waals surface area contributed by atoms with Gasteiger partial charge in [-0.15, -0.1) is 11.3 Å². The summed E-state index contributed by atoms with van der Waals surface area (Å²) in [7, 11) is 0. The molecule has 0 unspecified atom stereocenters. The van der Waals surface area contributed by atoms with Crippen LogP contribution in [0.1, 0.15) is 44.3 Å². The maximum Gasteiger partial charge on any atom is 0.317 e. The molecule has 1 heterocycles. The Kier molecular flexibility index (Phi) is 7.02. The van der Waals surface area contributed by atoms with Gasteiger partial charge in [-0.1, -0.05) is 20.8 Å². The summed E-state index contributed by atoms with van der Waals surface area (Å²) in [5, 5.41) is 12.1. The van der Waals surface area contributed by atoms with E-state index in [-0.39, 0.29) is 6.54 Å². The van der Waals surface area contributed by atoms with Crippen LogP contribution in [0.2, 0.25) is 0 Å². The molecule has 1 rings (SSSR count). The summed E-state index contributed by atoms with van der Waals surface area (Å²) in [5.41, 5.74) is 0.999. The Bertz CT molecular complexity index is 391. The van der Waals surface area contributed by atoms with Gasteiger partial charge in [0.15, 0.2) is 0 Å². The van der Waals surface area contributed by atoms with Crippen LogP contribution in [0, 0.1) is 5.92 Å². The van der Waals surface area contributed by atoms with Gasteiger partial charge in [-0.3, -0.25) is 9.69 Å². The maximum atomic E-state index is 10.8. The Morgan fingerprint density at radius 1 is 1.53 bits per heavy atom. The molecule has 1 N–H and O–H groups in total. The Labute approximate surface area is 119 Å². The van der Waals surface area contributed by atoms with Crippen LogP contribution >= 0.6 is 11.3 Å². The summed E-state index contributed by atoms with van der Waals surface area (Å²) in [5.74, 6) is -0.0836. The van der Waals surface area contributed by atoms with Crippen LogP contribution in [0.5, 0.6) is 0 Å². The number of carbonyl (C=O) groups is 1. The summed E-state index contributed by atoms with van der Waals surface area (Å²) in [6.45, 7) is 8.01. The topological polar surface area (TPSA) is 53.4 Å². The quantitative estimate of drug-likeness (QED) is 0.757. The van der Waals surface area contributed by atoms with Crippen molar-refractivity contribution in [3.8, 4) is 0 Å². The lowest BCUT2D eigenvalue weighted by atomic mass is 10.1. The highest BCUT2D eigenvalue weighted by atomic mass is 32.1. The third-order valence-electron chi connectivity index (χ3n) is 2.82. The number of aryl methyl sites for hydroxylation is 1. The van der Waals surface area contributed by atoms with Gasteiger partial charge in [0.2, 0.25) is 0 Å². The molecule has 19 heavy (non-hydrogen) atoms. The van der Waals surface area contributed by atoms with E-state index in [1.807, 2.05) is 4.90 Å². The Balaban J connectivity index is 2.52. The number of carboxylic acids is 1. The van der Waals surface area contributed by atoms with Crippen molar-refractivity contribution in [2.75, 3.05) is 13.1 Å². The molecule has 0 fully saturated rings. The Hall–Kier alpha value is -0.940. The molecule has 0 aliphatic carbocycles. The van der Waals surface area contributed by atoms with Gasteiger partial charge in [0.05, 0.1) is 17.2 Å². The van der Waals surface area contributed by atoms with Gasteiger partial charge in [-0.25, -0.2) is 4.98 Å². The highest BCUT2D eigenvalue weighted by Crippen LogP contribution is 2.15. The minimum atomic E-state index is -0.774. The summed E-state index contributed by atoms with van der Waals surface area (Å²) in [6.07, 6.45) is 3.13. The molecule has 0 amide bonds. The largest absolute Gasteiger partial charge is 0.480 e. The molecule has 0 spiro atoms. The first-order valence-corrected chi connectivity index (χ1v) is 7.76. The SMILES string of the molecule is CCCN(CC(=O)O)Cc1csc(CCC(C)C)n1. The molecule has 1 aromatic heterocycles. The molecule has 0 saturated heterocycles. The average molecular weight is 284 g/mol. The van der Waals surface area contributed by atoms with Crippen molar-refractivity contribution in [2.24, 2.45) is 5.92 Å². The number of nitrogens with zero attached hydrogens (tertiary/aromatic N) is 2. The van der Waals surface area contributed by atoms with E-state index in [0.29, 0.717) is 12.5 Å². The van der Waals surface area contributed by atoms with Gasteiger partial charge in [-0.2, -0.15) is 0 Å². The van der Waals surface area contributed by atoms with E-state index < -0.39 is 5.97 Å². The van der Waals surface area contributed by atoms with Crippen LogP contribution in [-0.4, -0.2) is 34.0 Å². The van der Waals surface area contributed by atoms with Gasteiger partial charge in [0.25, 0.3) is 0 Å². The first-order valence-electron chi connectivity index (χ1n) is 6.88. The van der Waals surface area contributed by atoms with Gasteiger partial charge >= 0.3 is 5.97 Å². The van der Waals surface area contributed by atoms with Crippen molar-refractivity contribution in [2.45, 2.75) is 46.6 Å². The van der Waals surface area contributed by atoms with Crippen LogP contribution in [0.3, 0.4) is 0 Å². The summed E-state index contributed by atoms with van der Waals surface area (Å²) in [6, 6.07) is 0. The molecule has 4 nitrogen and oxygen atoms in total. The zero-order valence-electron chi connectivity index (χ0n) is 12.1. The average Bonchev–Trinajstić information content (AvgIpc) is 2.73. The lowest BCUT2D eigenvalue weighted by Crippen LogP contribution is -2.30. The first kappa shape index (κ1) is 16.1. The minimum Gasteiger partial charge on any atom is -0.480 e. The zero-order chi connectivity index (χ0) is 14.3. The second-order valence-electron chi connectivity index (χ2n) is 5.27. The molecular weight excluding hydrogens is 260 g/mol. The molecule has 108 valence electrons. The number of hydrogen-bond donors (Lipinski definition) is 1. The molecule has 1 aromatic rings. The zero-order valence-corrected chi connectivity index (χ0v) is 12.9. The summed E-state index contributed by atoms with van der Waals surface area (Å²) >= 11 is 1.69. The van der Waals surface area contributed by atoms with Crippen molar-refractivity contribution in [3.63, 3.8) is 0 Å². The third-order valence-corrected chi connectivity index (χ3v) is 3.78. The van der Waals surface area contributed by atoms with E-state index in [9.17, 15) is 4.79 Å². The van der Waals surface area contributed by atoms with Gasteiger partial charge in [0, 0.05) is 11.9 Å². The predicted octanol–water partition coefficient (Wildman–Crippen LogP) is 3.03. The molecule has 0 saturated carbocycles. The number of aromatic nitrogens is 1. The molecular formula is C14H24N2O2S. The second-order valence-corrected chi connectivity index (χ2v) is 6.21. The van der Waals surface area contributed by atoms with E-state index in [1.165, 1.54) is 0 Å². The number of aliphatic carboxylic acids is 1. The van der Waals surface area contributed by atoms with E-state index in [4.69, 9.17) is 5.11 Å². The van der Waals surface area contributed by atoms with E-state index in [0.717, 1.165) is 36.5 Å². The van der Waals surface area contributed by atoms with Gasteiger partial charge in [-0.05, 0) is 31.7 Å². The maximum absolute atomic E-state index is 10.8. The fraction of sp³-hybridized carbons (Fsp3) is 0.714. The van der Waals surface area contributed by atoms with Crippen LogP contribution in [0.4, 0.5) is 0 Å². The highest BCUT2D eigenvalue weighted by molar-refractivity contribution is 7.09. The monoisotopic (exact) mass is 284 g/mol. The Morgan fingerprint density at radius 2 is 2.26 bits per heavy atom. The first-order chi connectivity index (χ1) is 9.01. The fourth-order valence-corrected chi connectivity index (χ4v) is 2.70. The number of carboxylic acid groups (broad SMARTS) is 1. The number of rotatable bonds is 9. The molecule has 0 aromatic carbocycles. The summed E-state index contributed by atoms with van der Waals surface area (Å²) in [4.78, 5) is 17.3. The second kappa shape index (κ2) is 8.27. The van der Waals surface area contributed by atoms with Crippen LogP contribution < -0.4 is 0 Å². The molecule has 0 bridgehead atoms. The number of thiazole rings is 1. The molecule has 0 atom stereocenters. The van der Waals surface area contributed by atoms with E-state index in [1.54, 1.807) is 11.3 Å².